The number of likely N-dealkylation sites (tertiary alicyclic amines) is 1. The second-order valence-electron chi connectivity index (χ2n) is 5.52. The molecule has 0 bridgehead atoms. The molecule has 0 spiro atoms. The zero-order valence-electron chi connectivity index (χ0n) is 10.6. The first-order valence-corrected chi connectivity index (χ1v) is 7.71. The Bertz CT molecular complexity index is 345. The second-order valence-corrected chi connectivity index (χ2v) is 6.50. The standard InChI is InChI=1S/C14H22N2S/c1-11(14-3-2-8-17-14)16-7-6-12(10-16)9-15-13-4-5-13/h2-3,8,11-13,15H,4-7,9-10H2,1H3. The molecule has 94 valence electrons. The predicted octanol–water partition coefficient (Wildman–Crippen LogP) is 2.88. The van der Waals surface area contributed by atoms with Crippen molar-refractivity contribution in [2.24, 2.45) is 5.92 Å². The van der Waals surface area contributed by atoms with E-state index in [0.717, 1.165) is 12.0 Å². The Morgan fingerprint density at radius 3 is 3.06 bits per heavy atom. The fraction of sp³-hybridized carbons (Fsp3) is 0.714. The lowest BCUT2D eigenvalue weighted by molar-refractivity contribution is 0.255. The van der Waals surface area contributed by atoms with Gasteiger partial charge in [0.2, 0.25) is 0 Å². The predicted molar refractivity (Wildman–Crippen MR) is 73.4 cm³/mol. The minimum Gasteiger partial charge on any atom is -0.314 e. The summed E-state index contributed by atoms with van der Waals surface area (Å²) in [6.45, 7) is 6.13. The van der Waals surface area contributed by atoms with Crippen molar-refractivity contribution < 1.29 is 0 Å². The average molecular weight is 250 g/mol. The van der Waals surface area contributed by atoms with Gasteiger partial charge in [-0.15, -0.1) is 11.3 Å². The minimum absolute atomic E-state index is 0.612. The SMILES string of the molecule is CC(c1cccs1)N1CCC(CNC2CC2)C1. The fourth-order valence-electron chi connectivity index (χ4n) is 2.71. The molecular formula is C14H22N2S. The minimum atomic E-state index is 0.612. The van der Waals surface area contributed by atoms with Crippen LogP contribution in [0.3, 0.4) is 0 Å². The number of thiophene rings is 1. The van der Waals surface area contributed by atoms with Gasteiger partial charge in [0.05, 0.1) is 0 Å². The molecular weight excluding hydrogens is 228 g/mol. The summed E-state index contributed by atoms with van der Waals surface area (Å²) in [4.78, 5) is 4.16. The maximum atomic E-state index is 3.67. The Balaban J connectivity index is 1.49. The van der Waals surface area contributed by atoms with Gasteiger partial charge in [-0.3, -0.25) is 4.90 Å². The van der Waals surface area contributed by atoms with Crippen LogP contribution in [0.15, 0.2) is 17.5 Å². The van der Waals surface area contributed by atoms with Gasteiger partial charge in [-0.1, -0.05) is 6.07 Å². The molecule has 2 fully saturated rings. The highest BCUT2D eigenvalue weighted by atomic mass is 32.1. The number of hydrogen-bond donors (Lipinski definition) is 1. The molecule has 1 N–H and O–H groups in total. The lowest BCUT2D eigenvalue weighted by Crippen LogP contribution is -2.28. The van der Waals surface area contributed by atoms with Gasteiger partial charge in [-0.05, 0) is 56.6 Å². The summed E-state index contributed by atoms with van der Waals surface area (Å²) >= 11 is 1.89. The quantitative estimate of drug-likeness (QED) is 0.864. The van der Waals surface area contributed by atoms with Crippen molar-refractivity contribution >= 4 is 11.3 Å². The fourth-order valence-corrected chi connectivity index (χ4v) is 3.53. The number of hydrogen-bond acceptors (Lipinski definition) is 3. The van der Waals surface area contributed by atoms with Crippen LogP contribution >= 0.6 is 11.3 Å². The van der Waals surface area contributed by atoms with Gasteiger partial charge in [0, 0.05) is 23.5 Å². The van der Waals surface area contributed by atoms with Crippen molar-refractivity contribution in [3.8, 4) is 0 Å². The number of nitrogens with one attached hydrogen (secondary N) is 1. The summed E-state index contributed by atoms with van der Waals surface area (Å²) in [5, 5.41) is 5.86. The van der Waals surface area contributed by atoms with Gasteiger partial charge in [-0.2, -0.15) is 0 Å². The molecule has 2 unspecified atom stereocenters. The van der Waals surface area contributed by atoms with E-state index in [1.54, 1.807) is 0 Å². The van der Waals surface area contributed by atoms with E-state index in [4.69, 9.17) is 0 Å². The maximum absolute atomic E-state index is 3.67. The lowest BCUT2D eigenvalue weighted by atomic mass is 10.1. The summed E-state index contributed by atoms with van der Waals surface area (Å²) in [5.41, 5.74) is 0. The topological polar surface area (TPSA) is 15.3 Å². The zero-order valence-corrected chi connectivity index (χ0v) is 11.4. The van der Waals surface area contributed by atoms with Gasteiger partial charge in [-0.25, -0.2) is 0 Å². The Labute approximate surface area is 108 Å². The zero-order chi connectivity index (χ0) is 11.7. The molecule has 2 aliphatic rings. The summed E-state index contributed by atoms with van der Waals surface area (Å²) in [7, 11) is 0. The second kappa shape index (κ2) is 5.09. The van der Waals surface area contributed by atoms with Crippen LogP contribution in [-0.2, 0) is 0 Å². The van der Waals surface area contributed by atoms with Crippen LogP contribution < -0.4 is 5.32 Å². The molecule has 0 radical (unpaired) electrons. The van der Waals surface area contributed by atoms with Crippen molar-refractivity contribution in [2.75, 3.05) is 19.6 Å². The van der Waals surface area contributed by atoms with E-state index in [1.807, 2.05) is 11.3 Å². The van der Waals surface area contributed by atoms with E-state index >= 15 is 0 Å². The van der Waals surface area contributed by atoms with Gasteiger partial charge >= 0.3 is 0 Å². The van der Waals surface area contributed by atoms with E-state index in [2.05, 4.69) is 34.7 Å². The third-order valence-corrected chi connectivity index (χ3v) is 5.14. The smallest absolute Gasteiger partial charge is 0.0413 e. The van der Waals surface area contributed by atoms with E-state index in [0.29, 0.717) is 6.04 Å². The summed E-state index contributed by atoms with van der Waals surface area (Å²) in [6, 6.07) is 5.91. The molecule has 0 amide bonds. The van der Waals surface area contributed by atoms with E-state index < -0.39 is 0 Å². The van der Waals surface area contributed by atoms with Crippen LogP contribution in [0, 0.1) is 5.92 Å². The van der Waals surface area contributed by atoms with Crippen LogP contribution in [0.2, 0.25) is 0 Å². The largest absolute Gasteiger partial charge is 0.314 e. The van der Waals surface area contributed by atoms with Crippen LogP contribution in [-0.4, -0.2) is 30.6 Å². The van der Waals surface area contributed by atoms with Crippen molar-refractivity contribution in [3.63, 3.8) is 0 Å². The maximum Gasteiger partial charge on any atom is 0.0413 e. The molecule has 0 aromatic carbocycles. The molecule has 1 aromatic rings. The van der Waals surface area contributed by atoms with Crippen LogP contribution in [0.25, 0.3) is 0 Å². The first-order chi connectivity index (χ1) is 8.33. The number of nitrogens with zero attached hydrogens (tertiary/aromatic N) is 1. The lowest BCUT2D eigenvalue weighted by Gasteiger charge is -2.23. The third kappa shape index (κ3) is 2.90. The molecule has 2 heterocycles. The Morgan fingerprint density at radius 2 is 2.35 bits per heavy atom. The number of rotatable bonds is 5. The summed E-state index contributed by atoms with van der Waals surface area (Å²) < 4.78 is 0. The molecule has 1 aromatic heterocycles. The molecule has 17 heavy (non-hydrogen) atoms. The Hall–Kier alpha value is -0.380. The third-order valence-electron chi connectivity index (χ3n) is 4.09. The first kappa shape index (κ1) is 11.7. The van der Waals surface area contributed by atoms with Crippen molar-refractivity contribution in [2.45, 2.75) is 38.3 Å². The normalized spacial score (nSPS) is 27.5. The van der Waals surface area contributed by atoms with Gasteiger partial charge in [0.15, 0.2) is 0 Å². The molecule has 1 aliphatic heterocycles. The summed E-state index contributed by atoms with van der Waals surface area (Å²) in [5.74, 6) is 0.873. The van der Waals surface area contributed by atoms with E-state index in [9.17, 15) is 0 Å². The van der Waals surface area contributed by atoms with E-state index in [-0.39, 0.29) is 0 Å². The molecule has 3 rings (SSSR count). The highest BCUT2D eigenvalue weighted by Gasteiger charge is 2.28. The highest BCUT2D eigenvalue weighted by molar-refractivity contribution is 7.10. The molecule has 2 nitrogen and oxygen atoms in total. The van der Waals surface area contributed by atoms with Crippen molar-refractivity contribution in [1.29, 1.82) is 0 Å². The van der Waals surface area contributed by atoms with Crippen molar-refractivity contribution in [1.82, 2.24) is 10.2 Å². The molecule has 1 aliphatic carbocycles. The Kier molecular flexibility index (Phi) is 3.50. The average Bonchev–Trinajstić information content (AvgIpc) is 2.86. The Morgan fingerprint density at radius 1 is 1.47 bits per heavy atom. The molecule has 1 saturated heterocycles. The molecule has 1 saturated carbocycles. The first-order valence-electron chi connectivity index (χ1n) is 6.84. The van der Waals surface area contributed by atoms with Crippen LogP contribution in [0.4, 0.5) is 0 Å². The van der Waals surface area contributed by atoms with Gasteiger partial charge < -0.3 is 5.32 Å². The van der Waals surface area contributed by atoms with Gasteiger partial charge in [0.1, 0.15) is 0 Å². The molecule has 2 atom stereocenters. The van der Waals surface area contributed by atoms with Crippen LogP contribution in [0.1, 0.15) is 37.1 Å². The molecule has 3 heteroatoms. The highest BCUT2D eigenvalue weighted by Crippen LogP contribution is 2.30. The monoisotopic (exact) mass is 250 g/mol. The van der Waals surface area contributed by atoms with E-state index in [1.165, 1.54) is 43.8 Å². The van der Waals surface area contributed by atoms with Crippen LogP contribution in [0.5, 0.6) is 0 Å². The summed E-state index contributed by atoms with van der Waals surface area (Å²) in [6.07, 6.45) is 4.18. The van der Waals surface area contributed by atoms with Gasteiger partial charge in [0.25, 0.3) is 0 Å². The van der Waals surface area contributed by atoms with Crippen molar-refractivity contribution in [3.05, 3.63) is 22.4 Å².